The van der Waals surface area contributed by atoms with Gasteiger partial charge < -0.3 is 16.0 Å². The van der Waals surface area contributed by atoms with E-state index in [4.69, 9.17) is 5.73 Å². The van der Waals surface area contributed by atoms with Gasteiger partial charge in [0.15, 0.2) is 0 Å². The molecule has 1 aromatic rings. The van der Waals surface area contributed by atoms with Gasteiger partial charge in [-0.1, -0.05) is 37.5 Å². The standard InChI is InChI=1S/C20H31N3O2/c1-5-6-7-17(11-21)22-20(25)16-10-18(24)23(12-16)19-14(3)8-13(2)9-15(19)4/h8-9,16-17H,5-7,10-12,21H2,1-4H3,(H,22,25). The average Bonchev–Trinajstić information content (AvgIpc) is 2.92. The number of aryl methyl sites for hydroxylation is 3. The molecule has 3 N–H and O–H groups in total. The number of nitrogens with zero attached hydrogens (tertiary/aromatic N) is 1. The van der Waals surface area contributed by atoms with Gasteiger partial charge in [0.05, 0.1) is 5.92 Å². The summed E-state index contributed by atoms with van der Waals surface area (Å²) >= 11 is 0. The minimum absolute atomic E-state index is 0.000510. The lowest BCUT2D eigenvalue weighted by Crippen LogP contribution is -2.43. The number of hydrogen-bond donors (Lipinski definition) is 2. The van der Waals surface area contributed by atoms with Crippen LogP contribution < -0.4 is 16.0 Å². The van der Waals surface area contributed by atoms with Crippen molar-refractivity contribution in [2.75, 3.05) is 18.0 Å². The molecular weight excluding hydrogens is 314 g/mol. The van der Waals surface area contributed by atoms with Gasteiger partial charge in [0.2, 0.25) is 11.8 Å². The molecule has 25 heavy (non-hydrogen) atoms. The third-order valence-corrected chi connectivity index (χ3v) is 4.94. The van der Waals surface area contributed by atoms with E-state index in [1.807, 2.05) is 13.8 Å². The van der Waals surface area contributed by atoms with Crippen molar-refractivity contribution in [3.8, 4) is 0 Å². The number of hydrogen-bond acceptors (Lipinski definition) is 3. The molecule has 1 heterocycles. The van der Waals surface area contributed by atoms with Gasteiger partial charge in [0.25, 0.3) is 0 Å². The van der Waals surface area contributed by atoms with Crippen LogP contribution in [0.15, 0.2) is 12.1 Å². The first-order valence-electron chi connectivity index (χ1n) is 9.26. The molecule has 0 aromatic heterocycles. The Labute approximate surface area is 151 Å². The topological polar surface area (TPSA) is 75.4 Å². The number of carbonyl (C=O) groups excluding carboxylic acids is 2. The maximum atomic E-state index is 12.6. The summed E-state index contributed by atoms with van der Waals surface area (Å²) in [6, 6.07) is 4.16. The van der Waals surface area contributed by atoms with E-state index in [1.165, 1.54) is 5.56 Å². The number of rotatable bonds is 7. The van der Waals surface area contributed by atoms with Crippen LogP contribution in [0.2, 0.25) is 0 Å². The molecular formula is C20H31N3O2. The molecule has 2 atom stereocenters. The summed E-state index contributed by atoms with van der Waals surface area (Å²) in [6.45, 7) is 9.09. The van der Waals surface area contributed by atoms with Gasteiger partial charge in [-0.05, 0) is 38.3 Å². The monoisotopic (exact) mass is 345 g/mol. The van der Waals surface area contributed by atoms with E-state index in [1.54, 1.807) is 4.90 Å². The third kappa shape index (κ3) is 4.60. The lowest BCUT2D eigenvalue weighted by molar-refractivity contribution is -0.126. The molecule has 2 rings (SSSR count). The fourth-order valence-electron chi connectivity index (χ4n) is 3.72. The Balaban J connectivity index is 2.08. The van der Waals surface area contributed by atoms with Gasteiger partial charge in [0.1, 0.15) is 0 Å². The highest BCUT2D eigenvalue weighted by atomic mass is 16.2. The van der Waals surface area contributed by atoms with Crippen LogP contribution in [0, 0.1) is 26.7 Å². The Kier molecular flexibility index (Phi) is 6.59. The highest BCUT2D eigenvalue weighted by Gasteiger charge is 2.36. The molecule has 1 aliphatic rings. The number of nitrogens with one attached hydrogen (secondary N) is 1. The van der Waals surface area contributed by atoms with E-state index in [0.717, 1.165) is 36.1 Å². The third-order valence-electron chi connectivity index (χ3n) is 4.94. The molecule has 0 radical (unpaired) electrons. The van der Waals surface area contributed by atoms with Crippen molar-refractivity contribution in [2.45, 2.75) is 59.4 Å². The summed E-state index contributed by atoms with van der Waals surface area (Å²) < 4.78 is 0. The Morgan fingerprint density at radius 1 is 1.32 bits per heavy atom. The molecule has 5 nitrogen and oxygen atoms in total. The summed E-state index contributed by atoms with van der Waals surface area (Å²) in [7, 11) is 0. The first-order chi connectivity index (χ1) is 11.9. The van der Waals surface area contributed by atoms with Crippen LogP contribution in [0.1, 0.15) is 49.3 Å². The second-order valence-corrected chi connectivity index (χ2v) is 7.24. The first-order valence-corrected chi connectivity index (χ1v) is 9.26. The van der Waals surface area contributed by atoms with Crippen molar-refractivity contribution < 1.29 is 9.59 Å². The summed E-state index contributed by atoms with van der Waals surface area (Å²) in [5, 5.41) is 3.03. The maximum absolute atomic E-state index is 12.6. The van der Waals surface area contributed by atoms with Gasteiger partial charge in [-0.2, -0.15) is 0 Å². The van der Waals surface area contributed by atoms with Crippen LogP contribution in [0.4, 0.5) is 5.69 Å². The molecule has 5 heteroatoms. The summed E-state index contributed by atoms with van der Waals surface area (Å²) in [5.41, 5.74) is 10.1. The fourth-order valence-corrected chi connectivity index (χ4v) is 3.72. The Morgan fingerprint density at radius 2 is 1.96 bits per heavy atom. The molecule has 0 spiro atoms. The van der Waals surface area contributed by atoms with E-state index in [-0.39, 0.29) is 30.2 Å². The maximum Gasteiger partial charge on any atom is 0.227 e. The van der Waals surface area contributed by atoms with Crippen LogP contribution in [0.25, 0.3) is 0 Å². The highest BCUT2D eigenvalue weighted by Crippen LogP contribution is 2.31. The number of nitrogens with two attached hydrogens (primary N) is 1. The Hall–Kier alpha value is -1.88. The fraction of sp³-hybridized carbons (Fsp3) is 0.600. The lowest BCUT2D eigenvalue weighted by Gasteiger charge is -2.23. The zero-order chi connectivity index (χ0) is 18.6. The summed E-state index contributed by atoms with van der Waals surface area (Å²) in [6.07, 6.45) is 3.27. The van der Waals surface area contributed by atoms with Crippen molar-refractivity contribution in [3.63, 3.8) is 0 Å². The van der Waals surface area contributed by atoms with Crippen LogP contribution in [0.5, 0.6) is 0 Å². The predicted octanol–water partition coefficient (Wildman–Crippen LogP) is 2.60. The van der Waals surface area contributed by atoms with E-state index in [0.29, 0.717) is 13.1 Å². The quantitative estimate of drug-likeness (QED) is 0.797. The second-order valence-electron chi connectivity index (χ2n) is 7.24. The predicted molar refractivity (Wildman–Crippen MR) is 102 cm³/mol. The Morgan fingerprint density at radius 3 is 2.52 bits per heavy atom. The van der Waals surface area contributed by atoms with Crippen molar-refractivity contribution >= 4 is 17.5 Å². The second kappa shape index (κ2) is 8.48. The number of unbranched alkanes of at least 4 members (excludes halogenated alkanes) is 1. The lowest BCUT2D eigenvalue weighted by atomic mass is 10.0. The largest absolute Gasteiger partial charge is 0.352 e. The number of anilines is 1. The molecule has 138 valence electrons. The zero-order valence-corrected chi connectivity index (χ0v) is 15.9. The van der Waals surface area contributed by atoms with E-state index < -0.39 is 0 Å². The van der Waals surface area contributed by atoms with E-state index in [9.17, 15) is 9.59 Å². The SMILES string of the molecule is CCCCC(CN)NC(=O)C1CC(=O)N(c2c(C)cc(C)cc2C)C1. The summed E-state index contributed by atoms with van der Waals surface area (Å²) in [5.74, 6) is -0.332. The van der Waals surface area contributed by atoms with Crippen LogP contribution in [0.3, 0.4) is 0 Å². The van der Waals surface area contributed by atoms with Gasteiger partial charge in [-0.15, -0.1) is 0 Å². The van der Waals surface area contributed by atoms with Crippen molar-refractivity contribution in [3.05, 3.63) is 28.8 Å². The normalized spacial score (nSPS) is 18.5. The molecule has 0 bridgehead atoms. The van der Waals surface area contributed by atoms with Crippen LogP contribution in [-0.2, 0) is 9.59 Å². The van der Waals surface area contributed by atoms with Gasteiger partial charge in [-0.3, -0.25) is 9.59 Å². The van der Waals surface area contributed by atoms with Crippen LogP contribution in [-0.4, -0.2) is 30.9 Å². The van der Waals surface area contributed by atoms with Gasteiger partial charge in [0, 0.05) is 31.2 Å². The average molecular weight is 345 g/mol. The Bertz CT molecular complexity index is 619. The zero-order valence-electron chi connectivity index (χ0n) is 15.9. The van der Waals surface area contributed by atoms with Crippen molar-refractivity contribution in [1.82, 2.24) is 5.32 Å². The number of benzene rings is 1. The first kappa shape index (κ1) is 19.4. The van der Waals surface area contributed by atoms with Gasteiger partial charge >= 0.3 is 0 Å². The van der Waals surface area contributed by atoms with Crippen LogP contribution >= 0.6 is 0 Å². The molecule has 0 saturated carbocycles. The highest BCUT2D eigenvalue weighted by molar-refractivity contribution is 6.01. The molecule has 2 amide bonds. The van der Waals surface area contributed by atoms with E-state index in [2.05, 4.69) is 31.3 Å². The van der Waals surface area contributed by atoms with Gasteiger partial charge in [-0.25, -0.2) is 0 Å². The number of carbonyl (C=O) groups is 2. The molecule has 2 unspecified atom stereocenters. The van der Waals surface area contributed by atoms with E-state index >= 15 is 0 Å². The molecule has 1 aromatic carbocycles. The minimum atomic E-state index is -0.303. The van der Waals surface area contributed by atoms with Crippen molar-refractivity contribution in [1.29, 1.82) is 0 Å². The molecule has 0 aliphatic carbocycles. The molecule has 1 saturated heterocycles. The minimum Gasteiger partial charge on any atom is -0.352 e. The summed E-state index contributed by atoms with van der Waals surface area (Å²) in [4.78, 5) is 26.9. The molecule has 1 fully saturated rings. The molecule has 1 aliphatic heterocycles. The number of amides is 2. The van der Waals surface area contributed by atoms with Crippen molar-refractivity contribution in [2.24, 2.45) is 11.7 Å². The smallest absolute Gasteiger partial charge is 0.227 e.